The van der Waals surface area contributed by atoms with Gasteiger partial charge in [-0.3, -0.25) is 24.2 Å². The van der Waals surface area contributed by atoms with Crippen molar-refractivity contribution in [1.29, 1.82) is 0 Å². The summed E-state index contributed by atoms with van der Waals surface area (Å²) in [5, 5.41) is 3.86. The van der Waals surface area contributed by atoms with Crippen LogP contribution in [0.1, 0.15) is 89.0 Å². The highest BCUT2D eigenvalue weighted by Gasteiger charge is 2.49. The second-order valence-corrected chi connectivity index (χ2v) is 16.1. The lowest BCUT2D eigenvalue weighted by Gasteiger charge is -2.25. The van der Waals surface area contributed by atoms with Gasteiger partial charge in [-0.05, 0) is 71.3 Å². The van der Waals surface area contributed by atoms with Crippen molar-refractivity contribution in [1.82, 2.24) is 15.0 Å². The number of nitrogens with one attached hydrogen (secondary N) is 1. The van der Waals surface area contributed by atoms with Crippen LogP contribution in [-0.2, 0) is 32.7 Å². The van der Waals surface area contributed by atoms with Crippen LogP contribution < -0.4 is 4.72 Å². The summed E-state index contributed by atoms with van der Waals surface area (Å²) < 4.78 is 35.7. The second-order valence-electron chi connectivity index (χ2n) is 13.6. The van der Waals surface area contributed by atoms with Gasteiger partial charge in [0.05, 0.1) is 11.4 Å². The lowest BCUT2D eigenvalue weighted by Crippen LogP contribution is -2.40. The molecule has 2 amide bonds. The minimum Gasteiger partial charge on any atom is -0.358 e. The van der Waals surface area contributed by atoms with Gasteiger partial charge in [-0.25, -0.2) is 8.42 Å². The topological polar surface area (TPSA) is 125 Å². The van der Waals surface area contributed by atoms with E-state index in [-0.39, 0.29) is 22.5 Å². The summed E-state index contributed by atoms with van der Waals surface area (Å²) >= 11 is 3.34. The van der Waals surface area contributed by atoms with Crippen LogP contribution in [0.3, 0.4) is 0 Å². The number of hydrogen-bond donors (Lipinski definition) is 1. The quantitative estimate of drug-likeness (QED) is 0.223. The van der Waals surface area contributed by atoms with E-state index in [4.69, 9.17) is 9.52 Å². The van der Waals surface area contributed by atoms with E-state index < -0.39 is 21.0 Å². The monoisotopic (exact) mass is 723 g/mol. The molecule has 0 unspecified atom stereocenters. The number of aromatic nitrogens is 1. The van der Waals surface area contributed by atoms with Crippen molar-refractivity contribution in [2.24, 2.45) is 10.4 Å². The van der Waals surface area contributed by atoms with Crippen molar-refractivity contribution in [2.75, 3.05) is 11.3 Å². The molecule has 1 spiro atoms. The van der Waals surface area contributed by atoms with E-state index in [1.54, 1.807) is 31.2 Å². The van der Waals surface area contributed by atoms with Crippen LogP contribution in [-0.4, -0.2) is 53.1 Å². The molecule has 1 saturated carbocycles. The van der Waals surface area contributed by atoms with Gasteiger partial charge in [0.25, 0.3) is 15.9 Å². The predicted molar refractivity (Wildman–Crippen MR) is 184 cm³/mol. The van der Waals surface area contributed by atoms with Crippen molar-refractivity contribution in [2.45, 2.75) is 103 Å². The molecule has 12 heteroatoms. The first-order chi connectivity index (χ1) is 22.3. The Labute approximate surface area is 285 Å². The molecule has 3 aliphatic rings. The van der Waals surface area contributed by atoms with Gasteiger partial charge in [-0.2, -0.15) is 0 Å². The van der Waals surface area contributed by atoms with E-state index in [9.17, 15) is 18.0 Å². The Morgan fingerprint density at radius 2 is 1.74 bits per heavy atom. The number of sulfonamides is 1. The zero-order chi connectivity index (χ0) is 33.6. The molecule has 0 bridgehead atoms. The molecule has 6 rings (SSSR count). The van der Waals surface area contributed by atoms with E-state index >= 15 is 0 Å². The fourth-order valence-corrected chi connectivity index (χ4v) is 8.56. The van der Waals surface area contributed by atoms with Crippen LogP contribution in [0.5, 0.6) is 0 Å². The van der Waals surface area contributed by atoms with Crippen LogP contribution >= 0.6 is 15.9 Å². The zero-order valence-electron chi connectivity index (χ0n) is 27.4. The average Bonchev–Trinajstić information content (AvgIpc) is 3.78. The van der Waals surface area contributed by atoms with Crippen LogP contribution in [0, 0.1) is 12.3 Å². The van der Waals surface area contributed by atoms with E-state index in [0.717, 1.165) is 68.3 Å². The molecule has 250 valence electrons. The summed E-state index contributed by atoms with van der Waals surface area (Å²) in [7, 11) is -4.09. The number of anilines is 1. The Morgan fingerprint density at radius 3 is 2.40 bits per heavy atom. The van der Waals surface area contributed by atoms with Gasteiger partial charge in [0.1, 0.15) is 21.6 Å². The maximum absolute atomic E-state index is 13.9. The number of amidine groups is 1. The molecule has 0 radical (unpaired) electrons. The minimum atomic E-state index is -4.09. The predicted octanol–water partition coefficient (Wildman–Crippen LogP) is 7.22. The Hall–Kier alpha value is -3.51. The number of halogens is 1. The van der Waals surface area contributed by atoms with E-state index in [0.29, 0.717) is 41.0 Å². The maximum Gasteiger partial charge on any atom is 0.263 e. The van der Waals surface area contributed by atoms with Gasteiger partial charge in [0.2, 0.25) is 5.91 Å². The standard InChI is InChI=1S/C35H42BrN5O5S/c1-5-6-13-29-37-35(16-9-10-17-35)33(43)41(29)21-24-14-15-26(25(20-24)22-40-19-18-34(3,4)32(40)42)27-11-7-8-12-28(27)47(44,45)39-31-30(36)23(2)46-38-31/h7-8,11-12,14-15,20H,5-6,9-10,13,16-19,21-22H2,1-4H3,(H,38,39). The summed E-state index contributed by atoms with van der Waals surface area (Å²) in [6.07, 6.45) is 7.06. The van der Waals surface area contributed by atoms with Gasteiger partial charge in [0.15, 0.2) is 5.82 Å². The van der Waals surface area contributed by atoms with Gasteiger partial charge in [0, 0.05) is 30.5 Å². The lowest BCUT2D eigenvalue weighted by atomic mass is 9.92. The first kappa shape index (κ1) is 33.4. The minimum absolute atomic E-state index is 0.0635. The smallest absolute Gasteiger partial charge is 0.263 e. The van der Waals surface area contributed by atoms with Crippen molar-refractivity contribution in [3.8, 4) is 11.1 Å². The molecule has 0 atom stereocenters. The molecule has 2 aliphatic heterocycles. The third kappa shape index (κ3) is 6.38. The Bertz CT molecular complexity index is 1840. The molecule has 1 N–H and O–H groups in total. The van der Waals surface area contributed by atoms with Crippen LogP contribution in [0.2, 0.25) is 0 Å². The maximum atomic E-state index is 13.9. The number of aryl methyl sites for hydroxylation is 1. The van der Waals surface area contributed by atoms with Gasteiger partial charge >= 0.3 is 0 Å². The number of unbranched alkanes of at least 4 members (excludes halogenated alkanes) is 1. The first-order valence-electron chi connectivity index (χ1n) is 16.4. The van der Waals surface area contributed by atoms with Crippen molar-refractivity contribution < 1.29 is 22.5 Å². The van der Waals surface area contributed by atoms with E-state index in [2.05, 4.69) is 32.7 Å². The van der Waals surface area contributed by atoms with Crippen LogP contribution in [0.4, 0.5) is 5.82 Å². The number of benzene rings is 2. The zero-order valence-corrected chi connectivity index (χ0v) is 29.8. The number of likely N-dealkylation sites (tertiary alicyclic amines) is 1. The van der Waals surface area contributed by atoms with Crippen molar-refractivity contribution >= 4 is 49.4 Å². The SMILES string of the molecule is CCCCC1=NC2(CCCC2)C(=O)N1Cc1ccc(-c2ccccc2S(=O)(=O)Nc2noc(C)c2Br)c(CN2CCC(C)(C)C2=O)c1. The van der Waals surface area contributed by atoms with E-state index in [1.165, 1.54) is 0 Å². The Morgan fingerprint density at radius 1 is 1.00 bits per heavy atom. The number of rotatable bonds is 11. The highest BCUT2D eigenvalue weighted by atomic mass is 79.9. The molecule has 2 aromatic carbocycles. The molecule has 2 fully saturated rings. The summed E-state index contributed by atoms with van der Waals surface area (Å²) in [5.41, 5.74) is 1.82. The number of hydrogen-bond acceptors (Lipinski definition) is 7. The summed E-state index contributed by atoms with van der Waals surface area (Å²) in [6.45, 7) is 9.03. The number of carbonyl (C=O) groups is 2. The average molecular weight is 725 g/mol. The lowest BCUT2D eigenvalue weighted by molar-refractivity contribution is -0.135. The number of aliphatic imine (C=N–C) groups is 1. The number of carbonyl (C=O) groups excluding carboxylic acids is 2. The molecular formula is C35H42BrN5O5S. The van der Waals surface area contributed by atoms with Gasteiger partial charge in [-0.15, -0.1) is 0 Å². The normalized spacial score (nSPS) is 18.9. The number of nitrogens with zero attached hydrogens (tertiary/aromatic N) is 4. The first-order valence-corrected chi connectivity index (χ1v) is 18.7. The molecule has 10 nitrogen and oxygen atoms in total. The molecule has 1 aromatic heterocycles. The molecule has 47 heavy (non-hydrogen) atoms. The molecular weight excluding hydrogens is 682 g/mol. The van der Waals surface area contributed by atoms with Crippen molar-refractivity contribution in [3.05, 3.63) is 63.8 Å². The highest BCUT2D eigenvalue weighted by Crippen LogP contribution is 2.41. The largest absolute Gasteiger partial charge is 0.358 e. The van der Waals surface area contributed by atoms with Gasteiger partial charge in [-0.1, -0.05) is 81.6 Å². The molecule has 1 aliphatic carbocycles. The molecule has 3 heterocycles. The summed E-state index contributed by atoms with van der Waals surface area (Å²) in [4.78, 5) is 36.1. The van der Waals surface area contributed by atoms with Gasteiger partial charge < -0.3 is 9.42 Å². The number of amides is 2. The molecule has 3 aromatic rings. The Kier molecular flexibility index (Phi) is 9.12. The fourth-order valence-electron chi connectivity index (χ4n) is 6.96. The summed E-state index contributed by atoms with van der Waals surface area (Å²) in [5.74, 6) is 1.52. The Balaban J connectivity index is 1.39. The third-order valence-electron chi connectivity index (χ3n) is 9.72. The highest BCUT2D eigenvalue weighted by molar-refractivity contribution is 9.10. The molecule has 1 saturated heterocycles. The van der Waals surface area contributed by atoms with Crippen molar-refractivity contribution in [3.63, 3.8) is 0 Å². The third-order valence-corrected chi connectivity index (χ3v) is 12.0. The van der Waals surface area contributed by atoms with Crippen LogP contribution in [0.15, 0.2) is 61.3 Å². The van der Waals surface area contributed by atoms with Crippen LogP contribution in [0.25, 0.3) is 11.1 Å². The summed E-state index contributed by atoms with van der Waals surface area (Å²) in [6, 6.07) is 12.7. The van der Waals surface area contributed by atoms with E-state index in [1.807, 2.05) is 41.8 Å². The fraction of sp³-hybridized carbons (Fsp3) is 0.486. The second kappa shape index (κ2) is 12.8.